The van der Waals surface area contributed by atoms with Crippen LogP contribution in [0.4, 0.5) is 10.1 Å². The third-order valence-electron chi connectivity index (χ3n) is 5.11. The molecule has 4 aromatic rings. The summed E-state index contributed by atoms with van der Waals surface area (Å²) in [4.78, 5) is 15.1. The molecule has 0 fully saturated rings. The van der Waals surface area contributed by atoms with Gasteiger partial charge in [0.1, 0.15) is 11.5 Å². The number of nitrogens with one attached hydrogen (secondary N) is 1. The molecule has 1 aliphatic heterocycles. The maximum absolute atomic E-state index is 13.4. The molecule has 1 amide bonds. The molecular weight excluding hydrogens is 389 g/mol. The van der Waals surface area contributed by atoms with Gasteiger partial charge in [-0.1, -0.05) is 41.9 Å². The first kappa shape index (κ1) is 17.6. The topological polar surface area (TPSA) is 49.0 Å². The van der Waals surface area contributed by atoms with E-state index in [1.54, 1.807) is 29.2 Å². The lowest BCUT2D eigenvalue weighted by Crippen LogP contribution is -2.29. The molecule has 5 rings (SSSR count). The number of para-hydroxylation sites is 1. The minimum absolute atomic E-state index is 0.160. The Morgan fingerprint density at radius 2 is 1.62 bits per heavy atom. The lowest BCUT2D eigenvalue weighted by atomic mass is 9.96. The van der Waals surface area contributed by atoms with Gasteiger partial charge < -0.3 is 0 Å². The predicted molar refractivity (Wildman–Crippen MR) is 111 cm³/mol. The van der Waals surface area contributed by atoms with Gasteiger partial charge in [-0.2, -0.15) is 5.10 Å². The maximum atomic E-state index is 13.4. The second-order valence-electron chi connectivity index (χ2n) is 6.83. The molecule has 6 heteroatoms. The first-order valence-corrected chi connectivity index (χ1v) is 9.49. The van der Waals surface area contributed by atoms with Crippen LogP contribution in [0.2, 0.25) is 5.02 Å². The Morgan fingerprint density at radius 1 is 0.931 bits per heavy atom. The summed E-state index contributed by atoms with van der Waals surface area (Å²) in [6.07, 6.45) is 0. The third-order valence-corrected chi connectivity index (χ3v) is 5.36. The Morgan fingerprint density at radius 3 is 2.31 bits per heavy atom. The Balaban J connectivity index is 1.72. The maximum Gasteiger partial charge on any atom is 0.277 e. The van der Waals surface area contributed by atoms with E-state index in [0.717, 1.165) is 22.4 Å². The van der Waals surface area contributed by atoms with Crippen molar-refractivity contribution >= 4 is 23.2 Å². The number of H-pyrrole nitrogens is 1. The molecule has 3 aromatic carbocycles. The molecule has 1 aromatic heterocycles. The van der Waals surface area contributed by atoms with Crippen molar-refractivity contribution in [2.24, 2.45) is 0 Å². The van der Waals surface area contributed by atoms with E-state index in [-0.39, 0.29) is 17.8 Å². The Hall–Kier alpha value is -3.44. The molecule has 0 saturated heterocycles. The highest BCUT2D eigenvalue weighted by molar-refractivity contribution is 6.30. The van der Waals surface area contributed by atoms with Crippen molar-refractivity contribution < 1.29 is 9.18 Å². The van der Waals surface area contributed by atoms with Crippen LogP contribution < -0.4 is 4.90 Å². The van der Waals surface area contributed by atoms with Gasteiger partial charge in [0.15, 0.2) is 0 Å². The minimum atomic E-state index is -0.379. The zero-order chi connectivity index (χ0) is 20.0. The molecule has 0 unspecified atom stereocenters. The third kappa shape index (κ3) is 2.91. The van der Waals surface area contributed by atoms with E-state index in [2.05, 4.69) is 10.2 Å². The van der Waals surface area contributed by atoms with Gasteiger partial charge in [-0.25, -0.2) is 4.39 Å². The molecule has 0 bridgehead atoms. The second-order valence-corrected chi connectivity index (χ2v) is 7.27. The minimum Gasteiger partial charge on any atom is -0.295 e. The van der Waals surface area contributed by atoms with Crippen molar-refractivity contribution in [3.63, 3.8) is 0 Å². The number of nitrogens with zero attached hydrogens (tertiary/aromatic N) is 2. The molecule has 1 aliphatic rings. The molecule has 29 heavy (non-hydrogen) atoms. The molecule has 0 saturated carbocycles. The van der Waals surface area contributed by atoms with Gasteiger partial charge in [-0.15, -0.1) is 0 Å². The predicted octanol–water partition coefficient (Wildman–Crippen LogP) is 5.62. The number of rotatable bonds is 3. The summed E-state index contributed by atoms with van der Waals surface area (Å²) in [5.41, 5.74) is 4.28. The molecule has 2 heterocycles. The summed E-state index contributed by atoms with van der Waals surface area (Å²) in [6, 6.07) is 22.7. The molecule has 0 aliphatic carbocycles. The average Bonchev–Trinajstić information content (AvgIpc) is 3.29. The fourth-order valence-corrected chi connectivity index (χ4v) is 3.92. The number of benzene rings is 3. The lowest BCUT2D eigenvalue weighted by molar-refractivity contribution is 0.0989. The van der Waals surface area contributed by atoms with Crippen LogP contribution in [0.3, 0.4) is 0 Å². The lowest BCUT2D eigenvalue weighted by Gasteiger charge is -2.26. The normalized spacial score (nSPS) is 15.6. The number of halogens is 2. The number of amides is 1. The molecule has 1 N–H and O–H groups in total. The smallest absolute Gasteiger partial charge is 0.277 e. The molecular formula is C23H15ClFN3O. The van der Waals surface area contributed by atoms with E-state index >= 15 is 0 Å². The highest BCUT2D eigenvalue weighted by Gasteiger charge is 2.42. The zero-order valence-electron chi connectivity index (χ0n) is 15.1. The number of fused-ring (bicyclic) bond motifs is 1. The van der Waals surface area contributed by atoms with Crippen molar-refractivity contribution in [2.75, 3.05) is 4.90 Å². The first-order chi connectivity index (χ1) is 14.1. The van der Waals surface area contributed by atoms with E-state index in [1.165, 1.54) is 12.1 Å². The summed E-state index contributed by atoms with van der Waals surface area (Å²) in [7, 11) is 0. The van der Waals surface area contributed by atoms with Crippen molar-refractivity contribution in [3.8, 4) is 11.3 Å². The number of hydrogen-bond donors (Lipinski definition) is 1. The molecule has 0 spiro atoms. The molecule has 0 radical (unpaired) electrons. The number of carbonyl (C=O) groups excluding carboxylic acids is 1. The van der Waals surface area contributed by atoms with Gasteiger partial charge >= 0.3 is 0 Å². The Bertz CT molecular complexity index is 1190. The SMILES string of the molecule is O=C1c2[nH]nc(-c3ccc(F)cc3)c2[C@H](c2ccc(Cl)cc2)N1c1ccccc1. The first-order valence-electron chi connectivity index (χ1n) is 9.12. The van der Waals surface area contributed by atoms with Crippen LogP contribution in [0.25, 0.3) is 11.3 Å². The van der Waals surface area contributed by atoms with E-state index < -0.39 is 0 Å². The highest BCUT2D eigenvalue weighted by Crippen LogP contribution is 2.45. The number of carbonyl (C=O) groups is 1. The Kier molecular flexibility index (Phi) is 4.18. The summed E-state index contributed by atoms with van der Waals surface area (Å²) < 4.78 is 13.4. The number of aromatic amines is 1. The van der Waals surface area contributed by atoms with Gasteiger partial charge in [0.25, 0.3) is 5.91 Å². The van der Waals surface area contributed by atoms with Crippen LogP contribution >= 0.6 is 11.6 Å². The number of hydrogen-bond acceptors (Lipinski definition) is 2. The van der Waals surface area contributed by atoms with Crippen LogP contribution in [0.5, 0.6) is 0 Å². The van der Waals surface area contributed by atoms with Gasteiger partial charge in [0.05, 0.1) is 11.7 Å². The largest absolute Gasteiger partial charge is 0.295 e. The summed E-state index contributed by atoms with van der Waals surface area (Å²) >= 11 is 6.09. The van der Waals surface area contributed by atoms with Crippen LogP contribution in [-0.4, -0.2) is 16.1 Å². The van der Waals surface area contributed by atoms with Crippen molar-refractivity contribution in [1.82, 2.24) is 10.2 Å². The van der Waals surface area contributed by atoms with E-state index in [4.69, 9.17) is 11.6 Å². The Labute approximate surface area is 171 Å². The van der Waals surface area contributed by atoms with Gasteiger partial charge in [-0.05, 0) is 54.1 Å². The van der Waals surface area contributed by atoms with Gasteiger partial charge in [-0.3, -0.25) is 14.8 Å². The fraction of sp³-hybridized carbons (Fsp3) is 0.0435. The van der Waals surface area contributed by atoms with E-state index in [9.17, 15) is 9.18 Å². The molecule has 4 nitrogen and oxygen atoms in total. The summed E-state index contributed by atoms with van der Waals surface area (Å²) in [5.74, 6) is -0.482. The van der Waals surface area contributed by atoms with Gasteiger partial charge in [0, 0.05) is 21.8 Å². The highest BCUT2D eigenvalue weighted by atomic mass is 35.5. The van der Waals surface area contributed by atoms with Crippen molar-refractivity contribution in [2.45, 2.75) is 6.04 Å². The number of aromatic nitrogens is 2. The van der Waals surface area contributed by atoms with Crippen molar-refractivity contribution in [3.05, 3.63) is 107 Å². The fourth-order valence-electron chi connectivity index (χ4n) is 3.79. The van der Waals surface area contributed by atoms with Crippen molar-refractivity contribution in [1.29, 1.82) is 0 Å². The molecule has 1 atom stereocenters. The summed E-state index contributed by atoms with van der Waals surface area (Å²) in [6.45, 7) is 0. The monoisotopic (exact) mass is 403 g/mol. The standard InChI is InChI=1S/C23H15ClFN3O/c24-16-10-6-15(7-11-16)22-19-20(14-8-12-17(25)13-9-14)26-27-21(19)23(29)28(22)18-4-2-1-3-5-18/h1-13,22H,(H,26,27)/t22-/m0/s1. The molecule has 142 valence electrons. The van der Waals surface area contributed by atoms with E-state index in [0.29, 0.717) is 16.4 Å². The zero-order valence-corrected chi connectivity index (χ0v) is 15.9. The van der Waals surface area contributed by atoms with Crippen LogP contribution in [0.15, 0.2) is 78.9 Å². The van der Waals surface area contributed by atoms with Crippen LogP contribution in [-0.2, 0) is 0 Å². The van der Waals surface area contributed by atoms with E-state index in [1.807, 2.05) is 42.5 Å². The number of anilines is 1. The van der Waals surface area contributed by atoms with Gasteiger partial charge in [0.2, 0.25) is 0 Å². The quantitative estimate of drug-likeness (QED) is 0.482. The van der Waals surface area contributed by atoms with Crippen LogP contribution in [0.1, 0.15) is 27.7 Å². The average molecular weight is 404 g/mol. The second kappa shape index (κ2) is 6.87. The summed E-state index contributed by atoms with van der Waals surface area (Å²) in [5, 5.41) is 7.91. The van der Waals surface area contributed by atoms with Crippen LogP contribution in [0, 0.1) is 5.82 Å².